The van der Waals surface area contributed by atoms with E-state index in [2.05, 4.69) is 5.32 Å². The summed E-state index contributed by atoms with van der Waals surface area (Å²) in [4.78, 5) is 11.8. The molecule has 0 aliphatic heterocycles. The third-order valence-electron chi connectivity index (χ3n) is 2.18. The number of thioether (sulfide) groups is 1. The van der Waals surface area contributed by atoms with E-state index in [1.807, 2.05) is 30.3 Å². The molecule has 1 amide bonds. The predicted octanol–water partition coefficient (Wildman–Crippen LogP) is 3.23. The third kappa shape index (κ3) is 3.72. The van der Waals surface area contributed by atoms with Crippen LogP contribution in [0.5, 0.6) is 0 Å². The first kappa shape index (κ1) is 12.9. The maximum absolute atomic E-state index is 11.8. The van der Waals surface area contributed by atoms with Crippen LogP contribution >= 0.6 is 24.0 Å². The molecule has 2 aromatic rings. The highest BCUT2D eigenvalue weighted by molar-refractivity contribution is 8.22. The van der Waals surface area contributed by atoms with Gasteiger partial charge in [0.25, 0.3) is 5.91 Å². The number of hydrogen-bond donors (Lipinski definition) is 1. The van der Waals surface area contributed by atoms with Gasteiger partial charge in [-0.3, -0.25) is 4.79 Å². The Morgan fingerprint density at radius 3 is 2.67 bits per heavy atom. The lowest BCUT2D eigenvalue weighted by molar-refractivity contribution is 0.0978. The third-order valence-corrected chi connectivity index (χ3v) is 3.43. The summed E-state index contributed by atoms with van der Waals surface area (Å²) < 4.78 is 5.63. The molecule has 5 heteroatoms. The minimum Gasteiger partial charge on any atom is -0.468 e. The Bertz CT molecular complexity index is 523. The van der Waals surface area contributed by atoms with Crippen LogP contribution in [0, 0.1) is 0 Å². The molecular formula is C13H11NO2S2. The van der Waals surface area contributed by atoms with Gasteiger partial charge in [-0.2, -0.15) is 0 Å². The molecular weight excluding hydrogens is 266 g/mol. The summed E-state index contributed by atoms with van der Waals surface area (Å²) in [5.41, 5.74) is 0.596. The summed E-state index contributed by atoms with van der Waals surface area (Å²) in [6, 6.07) is 12.7. The van der Waals surface area contributed by atoms with E-state index in [0.29, 0.717) is 15.6 Å². The maximum Gasteiger partial charge on any atom is 0.256 e. The van der Waals surface area contributed by atoms with Crippen LogP contribution in [-0.2, 0) is 5.75 Å². The molecule has 0 saturated heterocycles. The number of rotatable bonds is 3. The molecule has 0 unspecified atom stereocenters. The molecule has 1 aromatic carbocycles. The number of furan rings is 1. The number of carbonyl (C=O) groups excluding carboxylic acids is 1. The van der Waals surface area contributed by atoms with Gasteiger partial charge in [-0.05, 0) is 24.3 Å². The molecule has 0 atom stereocenters. The Kier molecular flexibility index (Phi) is 4.55. The van der Waals surface area contributed by atoms with Crippen molar-refractivity contribution in [3.63, 3.8) is 0 Å². The van der Waals surface area contributed by atoms with Gasteiger partial charge in [0.1, 0.15) is 10.1 Å². The van der Waals surface area contributed by atoms with E-state index in [1.165, 1.54) is 11.8 Å². The van der Waals surface area contributed by atoms with Crippen molar-refractivity contribution in [3.8, 4) is 0 Å². The van der Waals surface area contributed by atoms with Crippen LogP contribution in [0.4, 0.5) is 0 Å². The average molecular weight is 277 g/mol. The Morgan fingerprint density at radius 2 is 2.00 bits per heavy atom. The van der Waals surface area contributed by atoms with E-state index in [4.69, 9.17) is 16.6 Å². The Balaban J connectivity index is 1.83. The normalized spacial score (nSPS) is 10.0. The Morgan fingerprint density at radius 1 is 1.22 bits per heavy atom. The number of nitrogens with one attached hydrogen (secondary N) is 1. The van der Waals surface area contributed by atoms with E-state index < -0.39 is 0 Å². The van der Waals surface area contributed by atoms with Gasteiger partial charge in [0.2, 0.25) is 0 Å². The van der Waals surface area contributed by atoms with E-state index in [-0.39, 0.29) is 5.91 Å². The van der Waals surface area contributed by atoms with Crippen LogP contribution in [0.15, 0.2) is 53.1 Å². The molecule has 1 aromatic heterocycles. The van der Waals surface area contributed by atoms with Crippen LogP contribution in [-0.4, -0.2) is 10.2 Å². The zero-order chi connectivity index (χ0) is 12.8. The van der Waals surface area contributed by atoms with Gasteiger partial charge in [0.05, 0.1) is 12.0 Å². The fourth-order valence-electron chi connectivity index (χ4n) is 1.32. The van der Waals surface area contributed by atoms with Gasteiger partial charge in [-0.15, -0.1) is 0 Å². The van der Waals surface area contributed by atoms with Crippen LogP contribution in [0.25, 0.3) is 0 Å². The molecule has 18 heavy (non-hydrogen) atoms. The zero-order valence-corrected chi connectivity index (χ0v) is 11.1. The topological polar surface area (TPSA) is 42.2 Å². The highest BCUT2D eigenvalue weighted by Crippen LogP contribution is 2.13. The Labute approximate surface area is 115 Å². The van der Waals surface area contributed by atoms with Gasteiger partial charge in [0, 0.05) is 5.56 Å². The minimum absolute atomic E-state index is 0.187. The molecule has 2 rings (SSSR count). The highest BCUT2D eigenvalue weighted by Gasteiger charge is 2.08. The molecule has 0 radical (unpaired) electrons. The lowest BCUT2D eigenvalue weighted by Crippen LogP contribution is -2.26. The first-order valence-electron chi connectivity index (χ1n) is 5.31. The molecule has 0 saturated carbocycles. The van der Waals surface area contributed by atoms with Gasteiger partial charge in [-0.1, -0.05) is 42.2 Å². The highest BCUT2D eigenvalue weighted by atomic mass is 32.2. The molecule has 1 N–H and O–H groups in total. The van der Waals surface area contributed by atoms with Crippen molar-refractivity contribution in [2.75, 3.05) is 0 Å². The molecule has 3 nitrogen and oxygen atoms in total. The molecule has 0 aliphatic rings. The molecule has 92 valence electrons. The molecule has 0 spiro atoms. The van der Waals surface area contributed by atoms with Gasteiger partial charge < -0.3 is 9.73 Å². The molecule has 0 bridgehead atoms. The van der Waals surface area contributed by atoms with Crippen molar-refractivity contribution < 1.29 is 9.21 Å². The van der Waals surface area contributed by atoms with Gasteiger partial charge >= 0.3 is 0 Å². The summed E-state index contributed by atoms with van der Waals surface area (Å²) in [6.07, 6.45) is 1.61. The van der Waals surface area contributed by atoms with Crippen molar-refractivity contribution in [2.24, 2.45) is 0 Å². The smallest absolute Gasteiger partial charge is 0.256 e. The Hall–Kier alpha value is -1.59. The van der Waals surface area contributed by atoms with Crippen LogP contribution in [0.1, 0.15) is 16.1 Å². The van der Waals surface area contributed by atoms with Crippen LogP contribution < -0.4 is 5.32 Å². The monoisotopic (exact) mass is 277 g/mol. The number of benzene rings is 1. The zero-order valence-electron chi connectivity index (χ0n) is 9.46. The van der Waals surface area contributed by atoms with Crippen molar-refractivity contribution >= 4 is 34.2 Å². The second kappa shape index (κ2) is 6.37. The van der Waals surface area contributed by atoms with Crippen molar-refractivity contribution in [1.29, 1.82) is 0 Å². The first-order valence-corrected chi connectivity index (χ1v) is 6.70. The van der Waals surface area contributed by atoms with Crippen molar-refractivity contribution in [2.45, 2.75) is 5.75 Å². The van der Waals surface area contributed by atoms with E-state index in [1.54, 1.807) is 18.4 Å². The maximum atomic E-state index is 11.8. The number of thiocarbonyl (C=S) groups is 1. The number of amides is 1. The minimum atomic E-state index is -0.187. The van der Waals surface area contributed by atoms with Crippen LogP contribution in [0.2, 0.25) is 0 Å². The number of hydrogen-bond acceptors (Lipinski definition) is 4. The summed E-state index contributed by atoms with van der Waals surface area (Å²) in [7, 11) is 0. The largest absolute Gasteiger partial charge is 0.468 e. The predicted molar refractivity (Wildman–Crippen MR) is 76.5 cm³/mol. The fourth-order valence-corrected chi connectivity index (χ4v) is 2.19. The SMILES string of the molecule is O=C(NC(=S)SCc1ccco1)c1ccccc1. The van der Waals surface area contributed by atoms with Crippen LogP contribution in [0.3, 0.4) is 0 Å². The quantitative estimate of drug-likeness (QED) is 0.875. The summed E-state index contributed by atoms with van der Waals surface area (Å²) in [5.74, 6) is 1.25. The summed E-state index contributed by atoms with van der Waals surface area (Å²) in [6.45, 7) is 0. The van der Waals surface area contributed by atoms with E-state index >= 15 is 0 Å². The lowest BCUT2D eigenvalue weighted by atomic mass is 10.2. The summed E-state index contributed by atoms with van der Waals surface area (Å²) in [5, 5.41) is 2.67. The van der Waals surface area contributed by atoms with Crippen molar-refractivity contribution in [3.05, 3.63) is 60.1 Å². The number of carbonyl (C=O) groups is 1. The molecule has 0 fully saturated rings. The van der Waals surface area contributed by atoms with Gasteiger partial charge in [0.15, 0.2) is 0 Å². The first-order chi connectivity index (χ1) is 8.75. The fraction of sp³-hybridized carbons (Fsp3) is 0.0769. The lowest BCUT2D eigenvalue weighted by Gasteiger charge is -2.05. The van der Waals surface area contributed by atoms with Crippen molar-refractivity contribution in [1.82, 2.24) is 5.32 Å². The molecule has 1 heterocycles. The molecule has 0 aliphatic carbocycles. The average Bonchev–Trinajstić information content (AvgIpc) is 2.90. The summed E-state index contributed by atoms with van der Waals surface area (Å²) >= 11 is 6.46. The second-order valence-electron chi connectivity index (χ2n) is 3.48. The second-order valence-corrected chi connectivity index (χ2v) is 5.13. The standard InChI is InChI=1S/C13H11NO2S2/c15-12(10-5-2-1-3-6-10)14-13(17)18-9-11-7-4-8-16-11/h1-8H,9H2,(H,14,15,17). The van der Waals surface area contributed by atoms with E-state index in [0.717, 1.165) is 5.76 Å². The van der Waals surface area contributed by atoms with Gasteiger partial charge in [-0.25, -0.2) is 0 Å². The van der Waals surface area contributed by atoms with E-state index in [9.17, 15) is 4.79 Å².